The summed E-state index contributed by atoms with van der Waals surface area (Å²) in [5.74, 6) is 0.586. The molecule has 1 aromatic carbocycles. The predicted octanol–water partition coefficient (Wildman–Crippen LogP) is 3.28. The van der Waals surface area contributed by atoms with Gasteiger partial charge in [-0.15, -0.1) is 11.3 Å². The SMILES string of the molecule is Cc1nc(COc2ccc(C(=N)N)c(Cl)c2)sc1C. The Labute approximate surface area is 120 Å². The Balaban J connectivity index is 2.08. The predicted molar refractivity (Wildman–Crippen MR) is 78.4 cm³/mol. The first-order valence-electron chi connectivity index (χ1n) is 5.67. The molecule has 4 nitrogen and oxygen atoms in total. The van der Waals surface area contributed by atoms with Crippen LogP contribution in [0.2, 0.25) is 5.02 Å². The summed E-state index contributed by atoms with van der Waals surface area (Å²) in [6.07, 6.45) is 0. The molecule has 0 radical (unpaired) electrons. The van der Waals surface area contributed by atoms with Crippen molar-refractivity contribution in [3.8, 4) is 5.75 Å². The molecule has 0 fully saturated rings. The highest BCUT2D eigenvalue weighted by atomic mass is 35.5. The first-order valence-corrected chi connectivity index (χ1v) is 6.86. The highest BCUT2D eigenvalue weighted by Gasteiger charge is 2.07. The van der Waals surface area contributed by atoms with Crippen molar-refractivity contribution in [2.24, 2.45) is 5.73 Å². The van der Waals surface area contributed by atoms with Gasteiger partial charge in [-0.25, -0.2) is 4.98 Å². The summed E-state index contributed by atoms with van der Waals surface area (Å²) >= 11 is 7.64. The van der Waals surface area contributed by atoms with Crippen LogP contribution in [0.15, 0.2) is 18.2 Å². The molecule has 1 heterocycles. The summed E-state index contributed by atoms with van der Waals surface area (Å²) in [4.78, 5) is 5.60. The first kappa shape index (κ1) is 13.8. The number of nitrogens with one attached hydrogen (secondary N) is 1. The van der Waals surface area contributed by atoms with E-state index in [0.717, 1.165) is 10.7 Å². The van der Waals surface area contributed by atoms with E-state index in [1.165, 1.54) is 4.88 Å². The maximum atomic E-state index is 7.35. The Morgan fingerprint density at radius 1 is 1.47 bits per heavy atom. The number of aryl methyl sites for hydroxylation is 2. The van der Waals surface area contributed by atoms with Crippen molar-refractivity contribution in [1.82, 2.24) is 4.98 Å². The van der Waals surface area contributed by atoms with Gasteiger partial charge < -0.3 is 10.5 Å². The minimum Gasteiger partial charge on any atom is -0.486 e. The fraction of sp³-hybridized carbons (Fsp3) is 0.231. The van der Waals surface area contributed by atoms with E-state index in [-0.39, 0.29) is 5.84 Å². The highest BCUT2D eigenvalue weighted by Crippen LogP contribution is 2.24. The zero-order valence-corrected chi connectivity index (χ0v) is 12.2. The van der Waals surface area contributed by atoms with Crippen molar-refractivity contribution in [1.29, 1.82) is 5.41 Å². The van der Waals surface area contributed by atoms with Crippen molar-refractivity contribution in [2.75, 3.05) is 0 Å². The number of hydrogen-bond donors (Lipinski definition) is 2. The van der Waals surface area contributed by atoms with Crippen LogP contribution < -0.4 is 10.5 Å². The van der Waals surface area contributed by atoms with E-state index in [0.29, 0.717) is 22.9 Å². The number of nitrogen functional groups attached to an aromatic ring is 1. The van der Waals surface area contributed by atoms with Gasteiger partial charge in [0.2, 0.25) is 0 Å². The average molecular weight is 296 g/mol. The Kier molecular flexibility index (Phi) is 4.07. The zero-order chi connectivity index (χ0) is 14.0. The number of ether oxygens (including phenoxy) is 1. The first-order chi connectivity index (χ1) is 8.97. The molecule has 3 N–H and O–H groups in total. The second kappa shape index (κ2) is 5.59. The Morgan fingerprint density at radius 2 is 2.21 bits per heavy atom. The van der Waals surface area contributed by atoms with E-state index in [1.54, 1.807) is 29.5 Å². The van der Waals surface area contributed by atoms with Crippen LogP contribution in [0.25, 0.3) is 0 Å². The Bertz CT molecular complexity index is 605. The van der Waals surface area contributed by atoms with Crippen LogP contribution in [0.5, 0.6) is 5.75 Å². The summed E-state index contributed by atoms with van der Waals surface area (Å²) in [6, 6.07) is 5.08. The molecular formula is C13H14ClN3OS. The van der Waals surface area contributed by atoms with E-state index in [1.807, 2.05) is 13.8 Å². The van der Waals surface area contributed by atoms with E-state index < -0.39 is 0 Å². The molecule has 0 spiro atoms. The maximum absolute atomic E-state index is 7.35. The van der Waals surface area contributed by atoms with Crippen LogP contribution in [-0.4, -0.2) is 10.8 Å². The topological polar surface area (TPSA) is 72.0 Å². The lowest BCUT2D eigenvalue weighted by atomic mass is 10.2. The van der Waals surface area contributed by atoms with Crippen LogP contribution in [0.3, 0.4) is 0 Å². The van der Waals surface area contributed by atoms with Crippen LogP contribution in [0.1, 0.15) is 21.1 Å². The number of benzene rings is 1. The third-order valence-electron chi connectivity index (χ3n) is 2.67. The van der Waals surface area contributed by atoms with Gasteiger partial charge in [-0.3, -0.25) is 5.41 Å². The molecule has 6 heteroatoms. The normalized spacial score (nSPS) is 10.5. The van der Waals surface area contributed by atoms with E-state index in [2.05, 4.69) is 4.98 Å². The number of nitrogens with zero attached hydrogens (tertiary/aromatic N) is 1. The maximum Gasteiger partial charge on any atom is 0.140 e. The second-order valence-electron chi connectivity index (χ2n) is 4.09. The van der Waals surface area contributed by atoms with E-state index in [4.69, 9.17) is 27.5 Å². The van der Waals surface area contributed by atoms with Gasteiger partial charge in [0, 0.05) is 10.4 Å². The Hall–Kier alpha value is -1.59. The molecule has 0 aliphatic heterocycles. The number of aromatic nitrogens is 1. The molecule has 0 saturated carbocycles. The molecule has 2 rings (SSSR count). The van der Waals surface area contributed by atoms with Crippen LogP contribution in [-0.2, 0) is 6.61 Å². The fourth-order valence-electron chi connectivity index (χ4n) is 1.55. The molecule has 0 bridgehead atoms. The van der Waals surface area contributed by atoms with Gasteiger partial charge in [0.25, 0.3) is 0 Å². The number of amidine groups is 1. The number of rotatable bonds is 4. The van der Waals surface area contributed by atoms with Gasteiger partial charge in [0.05, 0.1) is 10.7 Å². The zero-order valence-electron chi connectivity index (χ0n) is 10.7. The lowest BCUT2D eigenvalue weighted by Crippen LogP contribution is -2.11. The van der Waals surface area contributed by atoms with Gasteiger partial charge in [0.15, 0.2) is 0 Å². The third kappa shape index (κ3) is 3.24. The van der Waals surface area contributed by atoms with E-state index in [9.17, 15) is 0 Å². The van der Waals surface area contributed by atoms with Gasteiger partial charge in [-0.2, -0.15) is 0 Å². The lowest BCUT2D eigenvalue weighted by molar-refractivity contribution is 0.305. The molecule has 2 aromatic rings. The van der Waals surface area contributed by atoms with Crippen molar-refractivity contribution in [3.63, 3.8) is 0 Å². The van der Waals surface area contributed by atoms with Gasteiger partial charge in [-0.05, 0) is 32.0 Å². The molecule has 0 amide bonds. The van der Waals surface area contributed by atoms with Crippen molar-refractivity contribution in [2.45, 2.75) is 20.5 Å². The molecule has 0 aliphatic rings. The lowest BCUT2D eigenvalue weighted by Gasteiger charge is -2.07. The summed E-state index contributed by atoms with van der Waals surface area (Å²) in [6.45, 7) is 4.43. The molecule has 19 heavy (non-hydrogen) atoms. The summed E-state index contributed by atoms with van der Waals surface area (Å²) in [5, 5.41) is 8.70. The van der Waals surface area contributed by atoms with E-state index >= 15 is 0 Å². The number of nitrogens with two attached hydrogens (primary N) is 1. The largest absolute Gasteiger partial charge is 0.486 e. The summed E-state index contributed by atoms with van der Waals surface area (Å²) in [5.41, 5.74) is 6.94. The Morgan fingerprint density at radius 3 is 2.74 bits per heavy atom. The quantitative estimate of drug-likeness (QED) is 0.671. The molecule has 100 valence electrons. The van der Waals surface area contributed by atoms with Crippen molar-refractivity contribution in [3.05, 3.63) is 44.4 Å². The average Bonchev–Trinajstić information content (AvgIpc) is 2.66. The minimum atomic E-state index is -0.0530. The molecular weight excluding hydrogens is 282 g/mol. The van der Waals surface area contributed by atoms with Crippen molar-refractivity contribution >= 4 is 28.8 Å². The molecule has 0 atom stereocenters. The third-order valence-corrected chi connectivity index (χ3v) is 4.02. The fourth-order valence-corrected chi connectivity index (χ4v) is 2.67. The molecule has 0 saturated heterocycles. The number of thiazole rings is 1. The second-order valence-corrected chi connectivity index (χ2v) is 5.79. The minimum absolute atomic E-state index is 0.0530. The van der Waals surface area contributed by atoms with Gasteiger partial charge in [0.1, 0.15) is 23.2 Å². The monoisotopic (exact) mass is 295 g/mol. The van der Waals surface area contributed by atoms with Gasteiger partial charge in [-0.1, -0.05) is 11.6 Å². The highest BCUT2D eigenvalue weighted by molar-refractivity contribution is 7.11. The van der Waals surface area contributed by atoms with Gasteiger partial charge >= 0.3 is 0 Å². The van der Waals surface area contributed by atoms with Crippen LogP contribution >= 0.6 is 22.9 Å². The van der Waals surface area contributed by atoms with Crippen LogP contribution in [0, 0.1) is 19.3 Å². The standard InChI is InChI=1S/C13H14ClN3OS/c1-7-8(2)19-12(17-7)6-18-9-3-4-10(13(15)16)11(14)5-9/h3-5H,6H2,1-2H3,(H3,15,16). The molecule has 0 unspecified atom stereocenters. The summed E-state index contributed by atoms with van der Waals surface area (Å²) in [7, 11) is 0. The summed E-state index contributed by atoms with van der Waals surface area (Å²) < 4.78 is 5.63. The smallest absolute Gasteiger partial charge is 0.140 e. The van der Waals surface area contributed by atoms with Crippen molar-refractivity contribution < 1.29 is 4.74 Å². The number of halogens is 1. The molecule has 0 aliphatic carbocycles. The van der Waals surface area contributed by atoms with Crippen LogP contribution in [0.4, 0.5) is 0 Å². The number of hydrogen-bond acceptors (Lipinski definition) is 4. The molecule has 1 aromatic heterocycles.